The lowest BCUT2D eigenvalue weighted by Crippen LogP contribution is -2.26. The highest BCUT2D eigenvalue weighted by molar-refractivity contribution is 7.11. The fourth-order valence-corrected chi connectivity index (χ4v) is 2.78. The largest absolute Gasteiger partial charge is 0.343 e. The molecule has 1 N–H and O–H groups in total. The maximum atomic E-state index is 12.2. The number of halogens is 1. The van der Waals surface area contributed by atoms with E-state index in [0.717, 1.165) is 22.0 Å². The lowest BCUT2D eigenvalue weighted by Gasteiger charge is -2.12. The van der Waals surface area contributed by atoms with E-state index in [4.69, 9.17) is 11.6 Å². The van der Waals surface area contributed by atoms with E-state index in [0.29, 0.717) is 10.7 Å². The van der Waals surface area contributed by atoms with Crippen LogP contribution in [0.25, 0.3) is 0 Å². The van der Waals surface area contributed by atoms with Crippen LogP contribution in [0.3, 0.4) is 0 Å². The molecule has 0 bridgehead atoms. The Morgan fingerprint density at radius 1 is 1.50 bits per heavy atom. The van der Waals surface area contributed by atoms with E-state index in [1.165, 1.54) is 0 Å². The predicted octanol–water partition coefficient (Wildman–Crippen LogP) is 3.55. The summed E-state index contributed by atoms with van der Waals surface area (Å²) in [6.07, 6.45) is 2.54. The molecule has 0 aliphatic carbocycles. The molecule has 0 aromatic carbocycles. The molecule has 0 spiro atoms. The highest BCUT2D eigenvalue weighted by Crippen LogP contribution is 2.20. The topological polar surface area (TPSA) is 54.9 Å². The molecule has 2 rings (SSSR count). The van der Waals surface area contributed by atoms with E-state index in [1.807, 2.05) is 20.8 Å². The molecule has 0 fully saturated rings. The number of aryl methyl sites for hydroxylation is 2. The van der Waals surface area contributed by atoms with Crippen LogP contribution in [0.2, 0.25) is 5.15 Å². The number of nitrogens with one attached hydrogen (secondary N) is 1. The van der Waals surface area contributed by atoms with Gasteiger partial charge >= 0.3 is 0 Å². The molecule has 2 heterocycles. The van der Waals surface area contributed by atoms with Crippen LogP contribution in [0.1, 0.15) is 45.8 Å². The summed E-state index contributed by atoms with van der Waals surface area (Å²) in [5.41, 5.74) is 1.34. The highest BCUT2D eigenvalue weighted by atomic mass is 35.5. The SMILES string of the molecule is CCc1cc(C(=O)NC(C)c2ncc(C)s2)cc(Cl)n1. The number of rotatable bonds is 4. The Bertz CT molecular complexity index is 627. The molecular weight excluding hydrogens is 294 g/mol. The second-order valence-electron chi connectivity index (χ2n) is 4.53. The third-order valence-corrected chi connectivity index (χ3v) is 4.12. The normalized spacial score (nSPS) is 12.2. The molecule has 1 unspecified atom stereocenters. The Balaban J connectivity index is 2.13. The van der Waals surface area contributed by atoms with Crippen LogP contribution in [0.4, 0.5) is 0 Å². The summed E-state index contributed by atoms with van der Waals surface area (Å²) >= 11 is 7.51. The smallest absolute Gasteiger partial charge is 0.252 e. The number of hydrogen-bond acceptors (Lipinski definition) is 4. The summed E-state index contributed by atoms with van der Waals surface area (Å²) < 4.78 is 0. The first-order chi connectivity index (χ1) is 9.49. The molecule has 106 valence electrons. The summed E-state index contributed by atoms with van der Waals surface area (Å²) in [6, 6.07) is 3.22. The summed E-state index contributed by atoms with van der Waals surface area (Å²) in [4.78, 5) is 21.8. The minimum absolute atomic E-state index is 0.127. The Morgan fingerprint density at radius 3 is 2.85 bits per heavy atom. The Morgan fingerprint density at radius 2 is 2.25 bits per heavy atom. The highest BCUT2D eigenvalue weighted by Gasteiger charge is 2.15. The predicted molar refractivity (Wildman–Crippen MR) is 81.4 cm³/mol. The van der Waals surface area contributed by atoms with Gasteiger partial charge < -0.3 is 5.32 Å². The van der Waals surface area contributed by atoms with Gasteiger partial charge in [0.15, 0.2) is 0 Å². The fraction of sp³-hybridized carbons (Fsp3) is 0.357. The van der Waals surface area contributed by atoms with E-state index in [-0.39, 0.29) is 11.9 Å². The molecular formula is C14H16ClN3OS. The van der Waals surface area contributed by atoms with Gasteiger partial charge in [-0.2, -0.15) is 0 Å². The van der Waals surface area contributed by atoms with Gasteiger partial charge in [-0.15, -0.1) is 11.3 Å². The standard InChI is InChI=1S/C14H16ClN3OS/c1-4-11-5-10(6-12(15)18-11)13(19)17-9(3)14-16-7-8(2)20-14/h5-7,9H,4H2,1-3H3,(H,17,19). The molecule has 20 heavy (non-hydrogen) atoms. The molecule has 0 saturated heterocycles. The second-order valence-corrected chi connectivity index (χ2v) is 6.18. The van der Waals surface area contributed by atoms with Crippen molar-refractivity contribution in [3.8, 4) is 0 Å². The van der Waals surface area contributed by atoms with Crippen LogP contribution in [0.15, 0.2) is 18.3 Å². The van der Waals surface area contributed by atoms with Gasteiger partial charge in [-0.1, -0.05) is 18.5 Å². The summed E-state index contributed by atoms with van der Waals surface area (Å²) in [5.74, 6) is -0.163. The van der Waals surface area contributed by atoms with E-state index in [9.17, 15) is 4.79 Å². The first kappa shape index (κ1) is 14.9. The number of aromatic nitrogens is 2. The molecule has 6 heteroatoms. The van der Waals surface area contributed by atoms with Gasteiger partial charge in [0.2, 0.25) is 0 Å². The maximum Gasteiger partial charge on any atom is 0.252 e. The van der Waals surface area contributed by atoms with Crippen LogP contribution in [-0.2, 0) is 6.42 Å². The van der Waals surface area contributed by atoms with Crippen molar-refractivity contribution in [2.45, 2.75) is 33.2 Å². The molecule has 0 radical (unpaired) electrons. The van der Waals surface area contributed by atoms with E-state index < -0.39 is 0 Å². The Hall–Kier alpha value is -1.46. The second kappa shape index (κ2) is 6.33. The number of thiazole rings is 1. The van der Waals surface area contributed by atoms with Gasteiger partial charge in [0.25, 0.3) is 5.91 Å². The average Bonchev–Trinajstić information content (AvgIpc) is 2.84. The number of pyridine rings is 1. The summed E-state index contributed by atoms with van der Waals surface area (Å²) in [7, 11) is 0. The molecule has 1 amide bonds. The van der Waals surface area contributed by atoms with Crippen molar-refractivity contribution in [2.75, 3.05) is 0 Å². The lowest BCUT2D eigenvalue weighted by molar-refractivity contribution is 0.0939. The van der Waals surface area contributed by atoms with Crippen molar-refractivity contribution in [3.05, 3.63) is 44.6 Å². The van der Waals surface area contributed by atoms with Gasteiger partial charge in [0.1, 0.15) is 10.2 Å². The van der Waals surface area contributed by atoms with Crippen molar-refractivity contribution < 1.29 is 4.79 Å². The lowest BCUT2D eigenvalue weighted by atomic mass is 10.2. The minimum atomic E-state index is -0.163. The van der Waals surface area contributed by atoms with Crippen molar-refractivity contribution >= 4 is 28.8 Å². The van der Waals surface area contributed by atoms with Crippen molar-refractivity contribution in [3.63, 3.8) is 0 Å². The van der Waals surface area contributed by atoms with E-state index in [1.54, 1.807) is 29.7 Å². The maximum absolute atomic E-state index is 12.2. The van der Waals surface area contributed by atoms with Crippen LogP contribution in [0.5, 0.6) is 0 Å². The van der Waals surface area contributed by atoms with Gasteiger partial charge in [0.05, 0.1) is 6.04 Å². The monoisotopic (exact) mass is 309 g/mol. The van der Waals surface area contributed by atoms with E-state index >= 15 is 0 Å². The van der Waals surface area contributed by atoms with Crippen LogP contribution in [0, 0.1) is 6.92 Å². The molecule has 0 aliphatic rings. The number of hydrogen-bond donors (Lipinski definition) is 1. The van der Waals surface area contributed by atoms with Crippen molar-refractivity contribution in [1.82, 2.24) is 15.3 Å². The molecule has 2 aromatic rings. The summed E-state index contributed by atoms with van der Waals surface area (Å²) in [5, 5.41) is 4.16. The number of carbonyl (C=O) groups excluding carboxylic acids is 1. The van der Waals surface area contributed by atoms with Gasteiger partial charge in [-0.05, 0) is 32.4 Å². The van der Waals surface area contributed by atoms with Gasteiger partial charge in [0, 0.05) is 22.3 Å². The quantitative estimate of drug-likeness (QED) is 0.879. The molecule has 4 nitrogen and oxygen atoms in total. The molecule has 1 atom stereocenters. The number of amides is 1. The molecule has 2 aromatic heterocycles. The first-order valence-electron chi connectivity index (χ1n) is 6.39. The third-order valence-electron chi connectivity index (χ3n) is 2.83. The van der Waals surface area contributed by atoms with Crippen molar-refractivity contribution in [2.24, 2.45) is 0 Å². The van der Waals surface area contributed by atoms with Crippen LogP contribution < -0.4 is 5.32 Å². The average molecular weight is 310 g/mol. The first-order valence-corrected chi connectivity index (χ1v) is 7.58. The van der Waals surface area contributed by atoms with Gasteiger partial charge in [-0.3, -0.25) is 4.79 Å². The van der Waals surface area contributed by atoms with Gasteiger partial charge in [-0.25, -0.2) is 9.97 Å². The minimum Gasteiger partial charge on any atom is -0.343 e. The van der Waals surface area contributed by atoms with Crippen molar-refractivity contribution in [1.29, 1.82) is 0 Å². The number of carbonyl (C=O) groups is 1. The number of nitrogens with zero attached hydrogens (tertiary/aromatic N) is 2. The molecule has 0 saturated carbocycles. The zero-order chi connectivity index (χ0) is 14.7. The summed E-state index contributed by atoms with van der Waals surface area (Å²) in [6.45, 7) is 5.88. The Kier molecular flexibility index (Phi) is 4.73. The Labute approximate surface area is 127 Å². The zero-order valence-electron chi connectivity index (χ0n) is 11.6. The van der Waals surface area contributed by atoms with Crippen LogP contribution in [-0.4, -0.2) is 15.9 Å². The van der Waals surface area contributed by atoms with E-state index in [2.05, 4.69) is 15.3 Å². The third kappa shape index (κ3) is 3.55. The van der Waals surface area contributed by atoms with Crippen LogP contribution >= 0.6 is 22.9 Å². The fourth-order valence-electron chi connectivity index (χ4n) is 1.78. The molecule has 0 aliphatic heterocycles. The zero-order valence-corrected chi connectivity index (χ0v) is 13.2.